The van der Waals surface area contributed by atoms with Crippen molar-refractivity contribution in [1.82, 2.24) is 31.9 Å². The van der Waals surface area contributed by atoms with Gasteiger partial charge in [-0.2, -0.15) is 0 Å². The fourth-order valence-electron chi connectivity index (χ4n) is 5.03. The fraction of sp³-hybridized carbons (Fsp3) is 0.486. The molecule has 15 heteroatoms. The number of phenolic OH excluding ortho intramolecular Hbond substituents is 1. The Labute approximate surface area is 292 Å². The number of aliphatic carboxylic acids is 1. The molecule has 5 amide bonds. The second kappa shape index (κ2) is 21.8. The quantitative estimate of drug-likeness (QED) is 0.0729. The van der Waals surface area contributed by atoms with Gasteiger partial charge in [0.1, 0.15) is 23.9 Å². The summed E-state index contributed by atoms with van der Waals surface area (Å²) in [5.41, 5.74) is 7.03. The first-order chi connectivity index (χ1) is 23.8. The number of nitrogens with two attached hydrogens (primary N) is 1. The summed E-state index contributed by atoms with van der Waals surface area (Å²) in [6.45, 7) is 3.20. The molecular weight excluding hydrogens is 646 g/mol. The van der Waals surface area contributed by atoms with Crippen LogP contribution in [0, 0.1) is 5.92 Å². The van der Waals surface area contributed by atoms with Crippen LogP contribution in [-0.4, -0.2) is 96.6 Å². The van der Waals surface area contributed by atoms with Crippen molar-refractivity contribution in [3.63, 3.8) is 0 Å². The summed E-state index contributed by atoms with van der Waals surface area (Å²) in [6.07, 6.45) is 1.87. The lowest BCUT2D eigenvalue weighted by Crippen LogP contribution is -2.57. The summed E-state index contributed by atoms with van der Waals surface area (Å²) in [5.74, 6) is -4.21. The number of carbonyl (C=O) groups is 6. The average Bonchev–Trinajstić information content (AvgIpc) is 3.08. The molecule has 0 radical (unpaired) electrons. The standard InChI is InChI=1S/C35H51N7O8/c1-22(2)17-28(33(47)41-26(35(49)50)11-7-8-16-36)42-34(48)29(19-23-9-5-4-6-10-23)40-31(45)21-38-30(44)20-39-32(46)27(37-3)18-24-12-14-25(43)15-13-24/h4-6,9-10,12-15,22,26-29,37,43H,7-8,11,16-21,36H2,1-3H3,(H,38,44)(H,39,46)(H,40,45)(H,41,47)(H,42,48)(H,49,50)/t26-,27-,28-,29-/m0/s1. The molecule has 2 aromatic rings. The summed E-state index contributed by atoms with van der Waals surface area (Å²) in [6, 6.07) is 11.3. The van der Waals surface area contributed by atoms with Crippen LogP contribution in [-0.2, 0) is 41.6 Å². The minimum absolute atomic E-state index is 0.0411. The van der Waals surface area contributed by atoms with Gasteiger partial charge in [0, 0.05) is 6.42 Å². The number of hydrogen-bond donors (Lipinski definition) is 9. The summed E-state index contributed by atoms with van der Waals surface area (Å²) >= 11 is 0. The van der Waals surface area contributed by atoms with Crippen molar-refractivity contribution in [2.75, 3.05) is 26.7 Å². The van der Waals surface area contributed by atoms with Gasteiger partial charge in [0.25, 0.3) is 0 Å². The third-order valence-electron chi connectivity index (χ3n) is 7.75. The highest BCUT2D eigenvalue weighted by Gasteiger charge is 2.30. The van der Waals surface area contributed by atoms with Crippen LogP contribution in [0.4, 0.5) is 0 Å². The summed E-state index contributed by atoms with van der Waals surface area (Å²) in [4.78, 5) is 76.7. The van der Waals surface area contributed by atoms with Crippen LogP contribution in [0.25, 0.3) is 0 Å². The molecule has 0 heterocycles. The maximum absolute atomic E-state index is 13.6. The van der Waals surface area contributed by atoms with Crippen molar-refractivity contribution in [2.45, 2.75) is 76.5 Å². The van der Waals surface area contributed by atoms with Crippen molar-refractivity contribution in [2.24, 2.45) is 11.7 Å². The van der Waals surface area contributed by atoms with E-state index in [2.05, 4.69) is 31.9 Å². The number of aromatic hydroxyl groups is 1. The number of phenols is 1. The molecule has 15 nitrogen and oxygen atoms in total. The van der Waals surface area contributed by atoms with Gasteiger partial charge in [0.15, 0.2) is 0 Å². The number of carboxylic acids is 1. The number of carbonyl (C=O) groups excluding carboxylic acids is 5. The monoisotopic (exact) mass is 697 g/mol. The maximum Gasteiger partial charge on any atom is 0.326 e. The third kappa shape index (κ3) is 15.5. The van der Waals surface area contributed by atoms with Gasteiger partial charge in [0.2, 0.25) is 29.5 Å². The van der Waals surface area contributed by atoms with Crippen molar-refractivity contribution in [3.8, 4) is 5.75 Å². The van der Waals surface area contributed by atoms with Gasteiger partial charge in [-0.3, -0.25) is 24.0 Å². The summed E-state index contributed by atoms with van der Waals surface area (Å²) in [7, 11) is 1.60. The zero-order chi connectivity index (χ0) is 37.1. The van der Waals surface area contributed by atoms with Gasteiger partial charge >= 0.3 is 5.97 Å². The number of benzene rings is 2. The molecule has 0 saturated carbocycles. The predicted molar refractivity (Wildman–Crippen MR) is 187 cm³/mol. The number of hydrogen-bond acceptors (Lipinski definition) is 9. The van der Waals surface area contributed by atoms with E-state index in [1.165, 1.54) is 12.1 Å². The summed E-state index contributed by atoms with van der Waals surface area (Å²) < 4.78 is 0. The van der Waals surface area contributed by atoms with Gasteiger partial charge in [-0.25, -0.2) is 4.79 Å². The molecule has 2 aromatic carbocycles. The van der Waals surface area contributed by atoms with Gasteiger partial charge in [-0.1, -0.05) is 56.3 Å². The Morgan fingerprint density at radius 3 is 1.86 bits per heavy atom. The number of amides is 5. The van der Waals surface area contributed by atoms with Crippen LogP contribution >= 0.6 is 0 Å². The van der Waals surface area contributed by atoms with Crippen LogP contribution in [0.1, 0.15) is 50.7 Å². The van der Waals surface area contributed by atoms with Crippen LogP contribution in [0.5, 0.6) is 5.75 Å². The van der Waals surface area contributed by atoms with E-state index in [1.54, 1.807) is 49.5 Å². The largest absolute Gasteiger partial charge is 0.508 e. The lowest BCUT2D eigenvalue weighted by atomic mass is 10.0. The number of nitrogens with one attached hydrogen (secondary N) is 6. The molecule has 0 aliphatic heterocycles. The number of unbranched alkanes of at least 4 members (excludes halogenated alkanes) is 1. The molecule has 2 rings (SSSR count). The number of likely N-dealkylation sites (N-methyl/N-ethyl adjacent to an activating group) is 1. The SMILES string of the molecule is CN[C@@H](Cc1ccc(O)cc1)C(=O)NCC(=O)NCC(=O)N[C@@H](Cc1ccccc1)C(=O)N[C@@H](CC(C)C)C(=O)N[C@@H](CCCCN)C(=O)O. The smallest absolute Gasteiger partial charge is 0.326 e. The molecule has 0 aliphatic rings. The highest BCUT2D eigenvalue weighted by Crippen LogP contribution is 2.12. The number of carboxylic acid groups (broad SMARTS) is 1. The molecule has 10 N–H and O–H groups in total. The van der Waals surface area contributed by atoms with Crippen LogP contribution in [0.2, 0.25) is 0 Å². The van der Waals surface area contributed by atoms with Gasteiger partial charge in [0.05, 0.1) is 19.1 Å². The summed E-state index contributed by atoms with van der Waals surface area (Å²) in [5, 5.41) is 34.7. The number of rotatable bonds is 22. The molecule has 50 heavy (non-hydrogen) atoms. The zero-order valence-corrected chi connectivity index (χ0v) is 28.9. The Balaban J connectivity index is 2.03. The van der Waals surface area contributed by atoms with E-state index in [-0.39, 0.29) is 30.9 Å². The Bertz CT molecular complexity index is 1410. The van der Waals surface area contributed by atoms with E-state index >= 15 is 0 Å². The predicted octanol–water partition coefficient (Wildman–Crippen LogP) is -0.288. The second-order valence-electron chi connectivity index (χ2n) is 12.4. The third-order valence-corrected chi connectivity index (χ3v) is 7.75. The van der Waals surface area contributed by atoms with Gasteiger partial charge in [-0.05, 0) is 74.9 Å². The topological polar surface area (TPSA) is 241 Å². The lowest BCUT2D eigenvalue weighted by Gasteiger charge is -2.25. The molecule has 0 saturated heterocycles. The van der Waals surface area contributed by atoms with Crippen LogP contribution in [0.3, 0.4) is 0 Å². The minimum Gasteiger partial charge on any atom is -0.508 e. The Kier molecular flexibility index (Phi) is 18.0. The Morgan fingerprint density at radius 1 is 0.680 bits per heavy atom. The first-order valence-electron chi connectivity index (χ1n) is 16.7. The van der Waals surface area contributed by atoms with Crippen LogP contribution in [0.15, 0.2) is 54.6 Å². The van der Waals surface area contributed by atoms with Gasteiger partial charge in [-0.15, -0.1) is 0 Å². The first-order valence-corrected chi connectivity index (χ1v) is 16.7. The molecule has 4 atom stereocenters. The van der Waals surface area contributed by atoms with Crippen molar-refractivity contribution in [1.29, 1.82) is 0 Å². The van der Waals surface area contributed by atoms with E-state index in [4.69, 9.17) is 5.73 Å². The minimum atomic E-state index is -1.20. The fourth-order valence-corrected chi connectivity index (χ4v) is 5.03. The molecule has 0 fully saturated rings. The van der Waals surface area contributed by atoms with E-state index in [9.17, 15) is 39.0 Å². The normalized spacial score (nSPS) is 13.3. The molecule has 0 aromatic heterocycles. The van der Waals surface area contributed by atoms with Crippen LogP contribution < -0.4 is 37.6 Å². The van der Waals surface area contributed by atoms with E-state index in [0.717, 1.165) is 11.1 Å². The molecule has 0 unspecified atom stereocenters. The highest BCUT2D eigenvalue weighted by molar-refractivity contribution is 5.94. The Hall–Kier alpha value is -5.02. The van der Waals surface area contributed by atoms with Crippen molar-refractivity contribution < 1.29 is 39.0 Å². The Morgan fingerprint density at radius 2 is 1.26 bits per heavy atom. The second-order valence-corrected chi connectivity index (χ2v) is 12.4. The van der Waals surface area contributed by atoms with E-state index in [1.807, 2.05) is 13.8 Å². The molecule has 0 bridgehead atoms. The molecule has 0 spiro atoms. The average molecular weight is 698 g/mol. The lowest BCUT2D eigenvalue weighted by molar-refractivity contribution is -0.142. The highest BCUT2D eigenvalue weighted by atomic mass is 16.4. The van der Waals surface area contributed by atoms with Gasteiger partial charge < -0.3 is 47.8 Å². The first kappa shape index (κ1) is 41.2. The maximum atomic E-state index is 13.6. The van der Waals surface area contributed by atoms with Crippen molar-refractivity contribution >= 4 is 35.5 Å². The molecule has 274 valence electrons. The van der Waals surface area contributed by atoms with E-state index < -0.39 is 72.8 Å². The van der Waals surface area contributed by atoms with E-state index in [0.29, 0.717) is 25.8 Å². The molecule has 0 aliphatic carbocycles. The zero-order valence-electron chi connectivity index (χ0n) is 28.9. The molecular formula is C35H51N7O8. The van der Waals surface area contributed by atoms with Crippen molar-refractivity contribution in [3.05, 3.63) is 65.7 Å².